The van der Waals surface area contributed by atoms with Crippen LogP contribution in [0.4, 0.5) is 0 Å². The number of amides is 2. The van der Waals surface area contributed by atoms with Crippen LogP contribution in [0.25, 0.3) is 0 Å². The second-order valence-corrected chi connectivity index (χ2v) is 12.0. The Balaban J connectivity index is 4.62. The summed E-state index contributed by atoms with van der Waals surface area (Å²) in [6.45, 7) is 21.1. The average Bonchev–Trinajstić information content (AvgIpc) is 2.45. The second-order valence-electron chi connectivity index (χ2n) is 12.0. The Bertz CT molecular complexity index is 542. The van der Waals surface area contributed by atoms with Gasteiger partial charge < -0.3 is 22.1 Å². The summed E-state index contributed by atoms with van der Waals surface area (Å²) in [4.78, 5) is 25.3. The van der Waals surface area contributed by atoms with Crippen LogP contribution >= 0.6 is 0 Å². The highest BCUT2D eigenvalue weighted by molar-refractivity contribution is 5.84. The lowest BCUT2D eigenvalue weighted by molar-refractivity contribution is -0.132. The summed E-state index contributed by atoms with van der Waals surface area (Å²) in [6, 6.07) is 0. The molecule has 172 valence electrons. The van der Waals surface area contributed by atoms with Gasteiger partial charge in [-0.05, 0) is 58.3 Å². The van der Waals surface area contributed by atoms with Crippen molar-refractivity contribution in [3.8, 4) is 0 Å². The Kier molecular flexibility index (Phi) is 9.85. The van der Waals surface area contributed by atoms with E-state index in [4.69, 9.17) is 11.5 Å². The third-order valence-corrected chi connectivity index (χ3v) is 5.04. The van der Waals surface area contributed by atoms with E-state index in [0.717, 1.165) is 12.8 Å². The molecule has 6 heteroatoms. The molecule has 0 spiro atoms. The Morgan fingerprint density at radius 1 is 0.828 bits per heavy atom. The Hall–Kier alpha value is -1.14. The van der Waals surface area contributed by atoms with Crippen LogP contribution < -0.4 is 22.1 Å². The first kappa shape index (κ1) is 27.9. The predicted molar refractivity (Wildman–Crippen MR) is 122 cm³/mol. The number of nitrogens with two attached hydrogens (primary N) is 2. The van der Waals surface area contributed by atoms with E-state index in [-0.39, 0.29) is 34.2 Å². The summed E-state index contributed by atoms with van der Waals surface area (Å²) in [7, 11) is 0. The summed E-state index contributed by atoms with van der Waals surface area (Å²) >= 11 is 0. The van der Waals surface area contributed by atoms with Gasteiger partial charge in [0.15, 0.2) is 0 Å². The summed E-state index contributed by atoms with van der Waals surface area (Å²) in [5.41, 5.74) is 10.9. The first-order chi connectivity index (χ1) is 12.7. The number of hydrogen-bond donors (Lipinski definition) is 4. The summed E-state index contributed by atoms with van der Waals surface area (Å²) in [5.74, 6) is 0.0115. The SMILES string of the molecule is CC(CNC(=O)C(C)CC(C)(C)C(=O)NCC(C)(C)CC(C)(C)N)CC(C)(C)N. The molecule has 0 bridgehead atoms. The quantitative estimate of drug-likeness (QED) is 0.394. The lowest BCUT2D eigenvalue weighted by Gasteiger charge is -2.34. The van der Waals surface area contributed by atoms with Crippen LogP contribution in [0.2, 0.25) is 0 Å². The van der Waals surface area contributed by atoms with Crippen LogP contribution in [-0.2, 0) is 9.59 Å². The van der Waals surface area contributed by atoms with Crippen LogP contribution in [0.15, 0.2) is 0 Å². The maximum Gasteiger partial charge on any atom is 0.225 e. The summed E-state index contributed by atoms with van der Waals surface area (Å²) in [5, 5.41) is 6.07. The van der Waals surface area contributed by atoms with E-state index in [9.17, 15) is 9.59 Å². The Labute approximate surface area is 179 Å². The molecule has 0 saturated carbocycles. The molecule has 29 heavy (non-hydrogen) atoms. The first-order valence-corrected chi connectivity index (χ1v) is 10.9. The van der Waals surface area contributed by atoms with Crippen molar-refractivity contribution in [1.29, 1.82) is 0 Å². The highest BCUT2D eigenvalue weighted by atomic mass is 16.2. The molecule has 0 fully saturated rings. The minimum absolute atomic E-state index is 0.0160. The number of carbonyl (C=O) groups excluding carboxylic acids is 2. The minimum atomic E-state index is -0.629. The van der Waals surface area contributed by atoms with Gasteiger partial charge in [-0.25, -0.2) is 0 Å². The van der Waals surface area contributed by atoms with E-state index in [0.29, 0.717) is 25.4 Å². The van der Waals surface area contributed by atoms with Gasteiger partial charge in [0.05, 0.1) is 0 Å². The lowest BCUT2D eigenvalue weighted by Crippen LogP contribution is -2.46. The van der Waals surface area contributed by atoms with Crippen molar-refractivity contribution in [2.24, 2.45) is 34.1 Å². The number of nitrogens with one attached hydrogen (secondary N) is 2. The van der Waals surface area contributed by atoms with Crippen LogP contribution in [0.3, 0.4) is 0 Å². The van der Waals surface area contributed by atoms with E-state index in [1.54, 1.807) is 0 Å². The fourth-order valence-corrected chi connectivity index (χ4v) is 4.22. The molecule has 0 aromatic heterocycles. The van der Waals surface area contributed by atoms with Crippen molar-refractivity contribution in [1.82, 2.24) is 10.6 Å². The molecule has 0 aliphatic heterocycles. The molecule has 0 saturated heterocycles. The van der Waals surface area contributed by atoms with E-state index >= 15 is 0 Å². The largest absolute Gasteiger partial charge is 0.356 e. The normalized spacial score (nSPS) is 15.6. The average molecular weight is 413 g/mol. The van der Waals surface area contributed by atoms with Crippen molar-refractivity contribution < 1.29 is 9.59 Å². The maximum absolute atomic E-state index is 12.8. The van der Waals surface area contributed by atoms with E-state index < -0.39 is 5.41 Å². The standard InChI is InChI=1S/C23H48N4O2/c1-16(11-22(7,8)24)13-26-18(28)17(2)12-21(5,6)19(29)27-15-20(3,4)14-23(9,10)25/h16-17H,11-15,24-25H2,1-10H3,(H,26,28)(H,27,29). The van der Waals surface area contributed by atoms with Crippen LogP contribution in [0.5, 0.6) is 0 Å². The van der Waals surface area contributed by atoms with Gasteiger partial charge in [0.1, 0.15) is 0 Å². The maximum atomic E-state index is 12.8. The summed E-state index contributed by atoms with van der Waals surface area (Å²) in [6.07, 6.45) is 2.13. The van der Waals surface area contributed by atoms with E-state index in [1.807, 2.05) is 48.5 Å². The molecule has 6 nitrogen and oxygen atoms in total. The van der Waals surface area contributed by atoms with Gasteiger partial charge in [0.2, 0.25) is 11.8 Å². The number of carbonyl (C=O) groups is 2. The highest BCUT2D eigenvalue weighted by Gasteiger charge is 2.34. The Morgan fingerprint density at radius 3 is 1.79 bits per heavy atom. The molecule has 0 aromatic carbocycles. The molecule has 0 heterocycles. The molecule has 0 aromatic rings. The zero-order chi connectivity index (χ0) is 23.3. The van der Waals surface area contributed by atoms with Crippen LogP contribution in [-0.4, -0.2) is 36.0 Å². The second kappa shape index (κ2) is 10.3. The highest BCUT2D eigenvalue weighted by Crippen LogP contribution is 2.29. The number of rotatable bonds is 12. The fraction of sp³-hybridized carbons (Fsp3) is 0.913. The smallest absolute Gasteiger partial charge is 0.225 e. The van der Waals surface area contributed by atoms with Crippen molar-refractivity contribution in [2.45, 2.75) is 99.6 Å². The predicted octanol–water partition coefficient (Wildman–Crippen LogP) is 3.19. The zero-order valence-electron chi connectivity index (χ0n) is 20.7. The van der Waals surface area contributed by atoms with Gasteiger partial charge in [0.25, 0.3) is 0 Å². The van der Waals surface area contributed by atoms with Crippen LogP contribution in [0.1, 0.15) is 88.5 Å². The third-order valence-electron chi connectivity index (χ3n) is 5.04. The molecular weight excluding hydrogens is 364 g/mol. The van der Waals surface area contributed by atoms with Crippen molar-refractivity contribution >= 4 is 11.8 Å². The molecule has 2 unspecified atom stereocenters. The number of hydrogen-bond acceptors (Lipinski definition) is 4. The van der Waals surface area contributed by atoms with Crippen molar-refractivity contribution in [3.63, 3.8) is 0 Å². The molecule has 2 atom stereocenters. The molecule has 0 radical (unpaired) electrons. The van der Waals surface area contributed by atoms with E-state index in [2.05, 4.69) is 31.4 Å². The van der Waals surface area contributed by atoms with Crippen molar-refractivity contribution in [3.05, 3.63) is 0 Å². The fourth-order valence-electron chi connectivity index (χ4n) is 4.22. The molecule has 0 rings (SSSR count). The van der Waals surface area contributed by atoms with Crippen molar-refractivity contribution in [2.75, 3.05) is 13.1 Å². The van der Waals surface area contributed by atoms with Gasteiger partial charge in [-0.3, -0.25) is 9.59 Å². The minimum Gasteiger partial charge on any atom is -0.356 e. The third kappa shape index (κ3) is 12.9. The van der Waals surface area contributed by atoms with Gasteiger partial charge in [-0.15, -0.1) is 0 Å². The lowest BCUT2D eigenvalue weighted by atomic mass is 9.79. The molecule has 2 amide bonds. The van der Waals surface area contributed by atoms with Gasteiger partial charge in [0, 0.05) is 35.5 Å². The summed E-state index contributed by atoms with van der Waals surface area (Å²) < 4.78 is 0. The monoisotopic (exact) mass is 412 g/mol. The zero-order valence-corrected chi connectivity index (χ0v) is 20.7. The van der Waals surface area contributed by atoms with Gasteiger partial charge in [-0.2, -0.15) is 0 Å². The molecule has 0 aliphatic rings. The van der Waals surface area contributed by atoms with Gasteiger partial charge in [-0.1, -0.05) is 41.5 Å². The molecule has 0 aliphatic carbocycles. The van der Waals surface area contributed by atoms with Gasteiger partial charge >= 0.3 is 0 Å². The van der Waals surface area contributed by atoms with E-state index in [1.165, 1.54) is 0 Å². The molecule has 6 N–H and O–H groups in total. The molecular formula is C23H48N4O2. The first-order valence-electron chi connectivity index (χ1n) is 10.9. The van der Waals surface area contributed by atoms with Crippen LogP contribution in [0, 0.1) is 22.7 Å². The topological polar surface area (TPSA) is 110 Å². The Morgan fingerprint density at radius 2 is 1.34 bits per heavy atom.